The molecule has 2 aromatic carbocycles. The van der Waals surface area contributed by atoms with Crippen molar-refractivity contribution in [2.45, 2.75) is 64.4 Å². The van der Waals surface area contributed by atoms with Crippen molar-refractivity contribution in [2.24, 2.45) is 0 Å². The van der Waals surface area contributed by atoms with E-state index in [1.807, 2.05) is 0 Å². The standard InChI is InChI=1S/C31H34F3N5O2S/c1-19-3-8-28-26(15-19)35-30(42-28)22-9-12-37(13-10-22)16-24(41)17-39-27-11-14-38(20(2)40)18-25(27)29(36-39)21-4-6-23(7-5-21)31(32,33)34/h3-8,15,22,24,41H,9-14,16-18H2,1-2H3. The van der Waals surface area contributed by atoms with Gasteiger partial charge in [-0.15, -0.1) is 11.3 Å². The fourth-order valence-corrected chi connectivity index (χ4v) is 7.22. The van der Waals surface area contributed by atoms with Gasteiger partial charge in [-0.3, -0.25) is 9.48 Å². The van der Waals surface area contributed by atoms with E-state index >= 15 is 0 Å². The maximum absolute atomic E-state index is 13.1. The van der Waals surface area contributed by atoms with Gasteiger partial charge in [-0.2, -0.15) is 18.3 Å². The molecule has 1 unspecified atom stereocenters. The molecule has 0 spiro atoms. The Morgan fingerprint density at radius 2 is 1.83 bits per heavy atom. The number of rotatable bonds is 6. The molecule has 2 aliphatic rings. The molecule has 222 valence electrons. The minimum atomic E-state index is -4.42. The van der Waals surface area contributed by atoms with Gasteiger partial charge in [-0.25, -0.2) is 4.98 Å². The summed E-state index contributed by atoms with van der Waals surface area (Å²) in [4.78, 5) is 21.0. The number of benzene rings is 2. The molecule has 1 fully saturated rings. The molecule has 1 N–H and O–H groups in total. The largest absolute Gasteiger partial charge is 0.416 e. The summed E-state index contributed by atoms with van der Waals surface area (Å²) in [7, 11) is 0. The molecule has 11 heteroatoms. The van der Waals surface area contributed by atoms with Crippen molar-refractivity contribution in [1.82, 2.24) is 24.6 Å². The third-order valence-corrected chi connectivity index (χ3v) is 9.61. The second-order valence-electron chi connectivity index (χ2n) is 11.5. The smallest absolute Gasteiger partial charge is 0.390 e. The van der Waals surface area contributed by atoms with E-state index in [1.165, 1.54) is 34.3 Å². The van der Waals surface area contributed by atoms with Crippen molar-refractivity contribution in [3.63, 3.8) is 0 Å². The highest BCUT2D eigenvalue weighted by atomic mass is 32.1. The lowest BCUT2D eigenvalue weighted by Gasteiger charge is -2.32. The number of thiazole rings is 1. The fourth-order valence-electron chi connectivity index (χ4n) is 6.11. The lowest BCUT2D eigenvalue weighted by Crippen LogP contribution is -2.40. The molecule has 2 aliphatic heterocycles. The third kappa shape index (κ3) is 5.95. The number of likely N-dealkylation sites (tertiary alicyclic amines) is 1. The number of nitrogens with zero attached hydrogens (tertiary/aromatic N) is 5. The van der Waals surface area contributed by atoms with E-state index in [0.717, 1.165) is 54.8 Å². The van der Waals surface area contributed by atoms with E-state index in [4.69, 9.17) is 10.1 Å². The number of alkyl halides is 3. The first-order chi connectivity index (χ1) is 20.0. The number of fused-ring (bicyclic) bond motifs is 2. The predicted octanol–water partition coefficient (Wildman–Crippen LogP) is 5.63. The van der Waals surface area contributed by atoms with Gasteiger partial charge in [-0.05, 0) is 62.7 Å². The number of carbonyl (C=O) groups is 1. The van der Waals surface area contributed by atoms with Crippen molar-refractivity contribution in [3.05, 3.63) is 69.9 Å². The quantitative estimate of drug-likeness (QED) is 0.312. The monoisotopic (exact) mass is 597 g/mol. The Morgan fingerprint density at radius 1 is 1.10 bits per heavy atom. The highest BCUT2D eigenvalue weighted by molar-refractivity contribution is 7.18. The molecule has 0 aliphatic carbocycles. The van der Waals surface area contributed by atoms with Gasteiger partial charge in [0.1, 0.15) is 0 Å². The zero-order valence-corrected chi connectivity index (χ0v) is 24.5. The highest BCUT2D eigenvalue weighted by Crippen LogP contribution is 2.36. The van der Waals surface area contributed by atoms with E-state index in [9.17, 15) is 23.1 Å². The molecule has 4 heterocycles. The van der Waals surface area contributed by atoms with Crippen molar-refractivity contribution in [2.75, 3.05) is 26.2 Å². The summed E-state index contributed by atoms with van der Waals surface area (Å²) >= 11 is 1.78. The number of hydrogen-bond acceptors (Lipinski definition) is 6. The number of β-amino-alcohol motifs (C(OH)–C–C–N with tert-alkyl or cyclic N) is 1. The molecule has 1 saturated heterocycles. The second kappa shape index (κ2) is 11.4. The number of aromatic nitrogens is 3. The molecule has 0 saturated carbocycles. The van der Waals surface area contributed by atoms with E-state index in [0.29, 0.717) is 43.2 Å². The Balaban J connectivity index is 1.14. The SMILES string of the molecule is CC(=O)N1CCc2c(c(-c3ccc(C(F)(F)F)cc3)nn2CC(O)CN2CCC(c3nc4cc(C)ccc4s3)CC2)C1. The Hall–Kier alpha value is -3.28. The zero-order chi connectivity index (χ0) is 29.6. The molecule has 1 amide bonds. The van der Waals surface area contributed by atoms with Crippen LogP contribution in [0.25, 0.3) is 21.5 Å². The molecule has 2 aromatic heterocycles. The number of halogens is 3. The molecule has 42 heavy (non-hydrogen) atoms. The van der Waals surface area contributed by atoms with Crippen LogP contribution >= 0.6 is 11.3 Å². The Morgan fingerprint density at radius 3 is 2.52 bits per heavy atom. The maximum atomic E-state index is 13.1. The van der Waals surface area contributed by atoms with Gasteiger partial charge in [0.25, 0.3) is 0 Å². The van der Waals surface area contributed by atoms with Crippen molar-refractivity contribution in [1.29, 1.82) is 0 Å². The van der Waals surface area contributed by atoms with Crippen LogP contribution < -0.4 is 0 Å². The zero-order valence-electron chi connectivity index (χ0n) is 23.7. The van der Waals surface area contributed by atoms with Gasteiger partial charge < -0.3 is 14.9 Å². The molecule has 7 nitrogen and oxygen atoms in total. The summed E-state index contributed by atoms with van der Waals surface area (Å²) in [5.74, 6) is 0.362. The van der Waals surface area contributed by atoms with Crippen molar-refractivity contribution < 1.29 is 23.1 Å². The number of aryl methyl sites for hydroxylation is 1. The topological polar surface area (TPSA) is 74.5 Å². The number of carbonyl (C=O) groups excluding carboxylic acids is 1. The van der Waals surface area contributed by atoms with Crippen LogP contribution in [0.1, 0.15) is 53.1 Å². The van der Waals surface area contributed by atoms with Gasteiger partial charge >= 0.3 is 6.18 Å². The van der Waals surface area contributed by atoms with Gasteiger partial charge in [0.2, 0.25) is 5.91 Å². The van der Waals surface area contributed by atoms with Crippen LogP contribution in [0, 0.1) is 6.92 Å². The van der Waals surface area contributed by atoms with Gasteiger partial charge in [-0.1, -0.05) is 18.2 Å². The first kappa shape index (κ1) is 28.8. The van der Waals surface area contributed by atoms with Crippen LogP contribution in [0.5, 0.6) is 0 Å². The highest BCUT2D eigenvalue weighted by Gasteiger charge is 2.32. The summed E-state index contributed by atoms with van der Waals surface area (Å²) in [5, 5.41) is 17.1. The van der Waals surface area contributed by atoms with E-state index < -0.39 is 17.8 Å². The first-order valence-electron chi connectivity index (χ1n) is 14.3. The minimum Gasteiger partial charge on any atom is -0.390 e. The lowest BCUT2D eigenvalue weighted by atomic mass is 9.97. The van der Waals surface area contributed by atoms with Crippen LogP contribution in [0.2, 0.25) is 0 Å². The average molecular weight is 598 g/mol. The molecule has 0 bridgehead atoms. The fraction of sp³-hybridized carbons (Fsp3) is 0.452. The molecule has 1 atom stereocenters. The third-order valence-electron chi connectivity index (χ3n) is 8.41. The number of amides is 1. The van der Waals surface area contributed by atoms with Crippen LogP contribution in [0.4, 0.5) is 13.2 Å². The Kier molecular flexibility index (Phi) is 7.84. The Bertz CT molecular complexity index is 1590. The number of aliphatic hydroxyl groups excluding tert-OH is 1. The number of hydrogen-bond donors (Lipinski definition) is 1. The van der Waals surface area contributed by atoms with Crippen molar-refractivity contribution >= 4 is 27.5 Å². The van der Waals surface area contributed by atoms with Crippen LogP contribution in [0.15, 0.2) is 42.5 Å². The van der Waals surface area contributed by atoms with E-state index in [2.05, 4.69) is 30.0 Å². The van der Waals surface area contributed by atoms with Gasteiger partial charge in [0.15, 0.2) is 0 Å². The molecule has 4 aromatic rings. The summed E-state index contributed by atoms with van der Waals surface area (Å²) < 4.78 is 42.4. The molecular weight excluding hydrogens is 563 g/mol. The first-order valence-corrected chi connectivity index (χ1v) is 15.2. The lowest BCUT2D eigenvalue weighted by molar-refractivity contribution is -0.137. The average Bonchev–Trinajstić information content (AvgIpc) is 3.54. The van der Waals surface area contributed by atoms with E-state index in [1.54, 1.807) is 20.9 Å². The molecular formula is C31H34F3N5O2S. The Labute approximate surface area is 246 Å². The van der Waals surface area contributed by atoms with Crippen LogP contribution in [-0.2, 0) is 30.5 Å². The maximum Gasteiger partial charge on any atom is 0.416 e. The van der Waals surface area contributed by atoms with Crippen LogP contribution in [0.3, 0.4) is 0 Å². The number of piperidine rings is 1. The summed E-state index contributed by atoms with van der Waals surface area (Å²) in [5.41, 5.74) is 4.43. The number of aliphatic hydroxyl groups is 1. The summed E-state index contributed by atoms with van der Waals surface area (Å²) in [6.45, 7) is 7.01. The predicted molar refractivity (Wildman–Crippen MR) is 156 cm³/mol. The van der Waals surface area contributed by atoms with E-state index in [-0.39, 0.29) is 12.5 Å². The van der Waals surface area contributed by atoms with Crippen LogP contribution in [-0.4, -0.2) is 67.9 Å². The minimum absolute atomic E-state index is 0.0591. The van der Waals surface area contributed by atoms with Gasteiger partial charge in [0, 0.05) is 55.7 Å². The molecule has 6 rings (SSSR count). The van der Waals surface area contributed by atoms with Gasteiger partial charge in [0.05, 0.1) is 39.1 Å². The second-order valence-corrected chi connectivity index (χ2v) is 12.5. The normalized spacial score (nSPS) is 17.5. The van der Waals surface area contributed by atoms with Crippen molar-refractivity contribution in [3.8, 4) is 11.3 Å². The summed E-state index contributed by atoms with van der Waals surface area (Å²) in [6.07, 6.45) is -2.54. The molecule has 0 radical (unpaired) electrons. The summed E-state index contributed by atoms with van der Waals surface area (Å²) in [6, 6.07) is 11.4.